The lowest BCUT2D eigenvalue weighted by Crippen LogP contribution is -1.84. The first kappa shape index (κ1) is 7.53. The van der Waals surface area contributed by atoms with Crippen molar-refractivity contribution in [3.63, 3.8) is 0 Å². The van der Waals surface area contributed by atoms with E-state index in [9.17, 15) is 5.11 Å². The number of hydrogen-bond acceptors (Lipinski definition) is 5. The van der Waals surface area contributed by atoms with Gasteiger partial charge in [0.05, 0.1) is 11.8 Å². The average molecular weight is 178 g/mol. The molecule has 0 saturated carbocycles. The number of nitrogens with one attached hydrogen (secondary N) is 1. The van der Waals surface area contributed by atoms with Crippen LogP contribution in [0.4, 0.5) is 0 Å². The molecule has 0 atom stereocenters. The summed E-state index contributed by atoms with van der Waals surface area (Å²) in [5.74, 6) is -0.270. The van der Waals surface area contributed by atoms with Crippen molar-refractivity contribution in [2.24, 2.45) is 0 Å². The van der Waals surface area contributed by atoms with Gasteiger partial charge in [0.25, 0.3) is 0 Å². The van der Waals surface area contributed by atoms with Crippen molar-refractivity contribution < 1.29 is 10.2 Å². The molecule has 0 spiro atoms. The molecule has 0 aromatic carbocycles. The van der Waals surface area contributed by atoms with Crippen molar-refractivity contribution in [3.05, 3.63) is 18.6 Å². The van der Waals surface area contributed by atoms with Crippen molar-refractivity contribution in [3.8, 4) is 23.0 Å². The molecule has 0 aliphatic heterocycles. The summed E-state index contributed by atoms with van der Waals surface area (Å²) in [5.41, 5.74) is 1.09. The molecular formula is C7H6N4O2. The maximum absolute atomic E-state index is 9.31. The van der Waals surface area contributed by atoms with Crippen molar-refractivity contribution in [2.75, 3.05) is 0 Å². The van der Waals surface area contributed by atoms with E-state index in [2.05, 4.69) is 20.2 Å². The van der Waals surface area contributed by atoms with E-state index in [0.29, 0.717) is 11.1 Å². The third-order valence-corrected chi connectivity index (χ3v) is 1.57. The van der Waals surface area contributed by atoms with E-state index in [1.807, 2.05) is 0 Å². The topological polar surface area (TPSA) is 94.9 Å². The SMILES string of the molecule is Oc1ncc(-c2cn[nH]c2)c(O)n1. The Morgan fingerprint density at radius 1 is 1.23 bits per heavy atom. The summed E-state index contributed by atoms with van der Waals surface area (Å²) in [6, 6.07) is -0.454. The molecule has 2 aromatic heterocycles. The molecular weight excluding hydrogens is 172 g/mol. The van der Waals surface area contributed by atoms with Crippen LogP contribution in [0.5, 0.6) is 11.9 Å². The lowest BCUT2D eigenvalue weighted by molar-refractivity contribution is 0.399. The molecule has 0 unspecified atom stereocenters. The van der Waals surface area contributed by atoms with Crippen LogP contribution in [0.2, 0.25) is 0 Å². The fraction of sp³-hybridized carbons (Fsp3) is 0. The van der Waals surface area contributed by atoms with E-state index in [1.165, 1.54) is 12.4 Å². The van der Waals surface area contributed by atoms with Crippen LogP contribution in [-0.2, 0) is 0 Å². The first-order valence-corrected chi connectivity index (χ1v) is 3.51. The van der Waals surface area contributed by atoms with Gasteiger partial charge in [-0.05, 0) is 0 Å². The zero-order chi connectivity index (χ0) is 9.26. The average Bonchev–Trinajstić information content (AvgIpc) is 2.56. The van der Waals surface area contributed by atoms with E-state index < -0.39 is 6.01 Å². The van der Waals surface area contributed by atoms with Gasteiger partial charge in [-0.3, -0.25) is 5.10 Å². The van der Waals surface area contributed by atoms with E-state index in [0.717, 1.165) is 0 Å². The van der Waals surface area contributed by atoms with Crippen LogP contribution >= 0.6 is 0 Å². The molecule has 0 aliphatic rings. The highest BCUT2D eigenvalue weighted by Gasteiger charge is 2.07. The van der Waals surface area contributed by atoms with E-state index in [1.54, 1.807) is 6.20 Å². The second-order valence-corrected chi connectivity index (χ2v) is 2.39. The third-order valence-electron chi connectivity index (χ3n) is 1.57. The van der Waals surface area contributed by atoms with Gasteiger partial charge in [-0.25, -0.2) is 4.98 Å². The number of aromatic amines is 1. The molecule has 6 heteroatoms. The van der Waals surface area contributed by atoms with E-state index >= 15 is 0 Å². The van der Waals surface area contributed by atoms with Crippen LogP contribution in [0, 0.1) is 0 Å². The zero-order valence-corrected chi connectivity index (χ0v) is 6.47. The van der Waals surface area contributed by atoms with E-state index in [-0.39, 0.29) is 5.88 Å². The second kappa shape index (κ2) is 2.74. The van der Waals surface area contributed by atoms with Crippen molar-refractivity contribution in [1.82, 2.24) is 20.2 Å². The third kappa shape index (κ3) is 1.28. The molecule has 13 heavy (non-hydrogen) atoms. The van der Waals surface area contributed by atoms with Crippen LogP contribution in [-0.4, -0.2) is 30.4 Å². The van der Waals surface area contributed by atoms with Gasteiger partial charge in [0.2, 0.25) is 5.88 Å². The molecule has 6 nitrogen and oxygen atoms in total. The number of rotatable bonds is 1. The number of nitrogens with zero attached hydrogens (tertiary/aromatic N) is 3. The number of H-pyrrole nitrogens is 1. The lowest BCUT2D eigenvalue weighted by atomic mass is 10.2. The fourth-order valence-electron chi connectivity index (χ4n) is 0.966. The smallest absolute Gasteiger partial charge is 0.317 e. The minimum absolute atomic E-state index is 0.270. The van der Waals surface area contributed by atoms with Gasteiger partial charge in [0, 0.05) is 18.0 Å². The highest BCUT2D eigenvalue weighted by molar-refractivity contribution is 5.65. The molecule has 2 aromatic rings. The Kier molecular flexibility index (Phi) is 1.59. The maximum atomic E-state index is 9.31. The highest BCUT2D eigenvalue weighted by atomic mass is 16.3. The number of aromatic hydroxyl groups is 2. The van der Waals surface area contributed by atoms with Crippen LogP contribution in [0.25, 0.3) is 11.1 Å². The molecule has 66 valence electrons. The van der Waals surface area contributed by atoms with Crippen molar-refractivity contribution >= 4 is 0 Å². The summed E-state index contributed by atoms with van der Waals surface area (Å²) in [5, 5.41) is 24.4. The minimum atomic E-state index is -0.454. The normalized spacial score (nSPS) is 10.2. The molecule has 0 amide bonds. The summed E-state index contributed by atoms with van der Waals surface area (Å²) in [6.07, 6.45) is 4.44. The van der Waals surface area contributed by atoms with Crippen LogP contribution in [0.15, 0.2) is 18.6 Å². The molecule has 0 radical (unpaired) electrons. The highest BCUT2D eigenvalue weighted by Crippen LogP contribution is 2.26. The van der Waals surface area contributed by atoms with Crippen molar-refractivity contribution in [1.29, 1.82) is 0 Å². The van der Waals surface area contributed by atoms with Gasteiger partial charge in [0.15, 0.2) is 0 Å². The standard InChI is InChI=1S/C7H6N4O2/c12-6-5(3-8-7(13)11-6)4-1-9-10-2-4/h1-3H,(H,9,10)(H2,8,11,12,13). The molecule has 0 bridgehead atoms. The first-order valence-electron chi connectivity index (χ1n) is 3.51. The van der Waals surface area contributed by atoms with Gasteiger partial charge in [-0.1, -0.05) is 0 Å². The van der Waals surface area contributed by atoms with Gasteiger partial charge in [0.1, 0.15) is 0 Å². The van der Waals surface area contributed by atoms with Crippen LogP contribution in [0.1, 0.15) is 0 Å². The maximum Gasteiger partial charge on any atom is 0.317 e. The van der Waals surface area contributed by atoms with Gasteiger partial charge in [-0.2, -0.15) is 10.1 Å². The Labute approximate surface area is 72.9 Å². The number of hydrogen-bond donors (Lipinski definition) is 3. The Morgan fingerprint density at radius 2 is 2.08 bits per heavy atom. The van der Waals surface area contributed by atoms with Gasteiger partial charge >= 0.3 is 6.01 Å². The van der Waals surface area contributed by atoms with Gasteiger partial charge < -0.3 is 10.2 Å². The molecule has 0 aliphatic carbocycles. The lowest BCUT2D eigenvalue weighted by Gasteiger charge is -1.98. The molecule has 3 N–H and O–H groups in total. The van der Waals surface area contributed by atoms with Gasteiger partial charge in [-0.15, -0.1) is 0 Å². The summed E-state index contributed by atoms with van der Waals surface area (Å²) < 4.78 is 0. The Morgan fingerprint density at radius 3 is 2.69 bits per heavy atom. The molecule has 0 saturated heterocycles. The summed E-state index contributed by atoms with van der Waals surface area (Å²) in [6.45, 7) is 0. The quantitative estimate of drug-likeness (QED) is 0.582. The minimum Gasteiger partial charge on any atom is -0.493 e. The Hall–Kier alpha value is -2.11. The predicted molar refractivity (Wildman–Crippen MR) is 42.9 cm³/mol. The monoisotopic (exact) mass is 178 g/mol. The van der Waals surface area contributed by atoms with Crippen LogP contribution < -0.4 is 0 Å². The van der Waals surface area contributed by atoms with E-state index in [4.69, 9.17) is 5.11 Å². The predicted octanol–water partition coefficient (Wildman–Crippen LogP) is 0.278. The summed E-state index contributed by atoms with van der Waals surface area (Å²) in [7, 11) is 0. The van der Waals surface area contributed by atoms with Crippen molar-refractivity contribution in [2.45, 2.75) is 0 Å². The fourth-order valence-corrected chi connectivity index (χ4v) is 0.966. The number of aromatic nitrogens is 4. The second-order valence-electron chi connectivity index (χ2n) is 2.39. The molecule has 2 heterocycles. The first-order chi connectivity index (χ1) is 6.27. The summed E-state index contributed by atoms with van der Waals surface area (Å²) in [4.78, 5) is 6.93. The molecule has 2 rings (SSSR count). The van der Waals surface area contributed by atoms with Crippen LogP contribution in [0.3, 0.4) is 0 Å². The summed E-state index contributed by atoms with van der Waals surface area (Å²) >= 11 is 0. The molecule has 0 fully saturated rings. The largest absolute Gasteiger partial charge is 0.493 e. The Bertz CT molecular complexity index is 412. The zero-order valence-electron chi connectivity index (χ0n) is 6.47. The Balaban J connectivity index is 2.53.